The van der Waals surface area contributed by atoms with Crippen LogP contribution in [0.4, 0.5) is 0 Å². The first-order valence-corrected chi connectivity index (χ1v) is 7.45. The number of hydrogen-bond donors (Lipinski definition) is 2. The van der Waals surface area contributed by atoms with Crippen LogP contribution in [-0.2, 0) is 4.79 Å². The van der Waals surface area contributed by atoms with Crippen molar-refractivity contribution in [3.8, 4) is 0 Å². The molecule has 0 aromatic carbocycles. The molecule has 1 fully saturated rings. The molecule has 3 N–H and O–H groups in total. The van der Waals surface area contributed by atoms with Crippen LogP contribution in [-0.4, -0.2) is 23.9 Å². The third-order valence-corrected chi connectivity index (χ3v) is 3.83. The second-order valence-electron chi connectivity index (χ2n) is 6.52. The Morgan fingerprint density at radius 3 is 2.17 bits per heavy atom. The van der Waals surface area contributed by atoms with Crippen LogP contribution in [0.15, 0.2) is 0 Å². The Labute approximate surface area is 112 Å². The van der Waals surface area contributed by atoms with E-state index < -0.39 is 0 Å². The normalized spacial score (nSPS) is 26.6. The van der Waals surface area contributed by atoms with Crippen molar-refractivity contribution in [3.63, 3.8) is 0 Å². The third kappa shape index (κ3) is 5.07. The van der Waals surface area contributed by atoms with Gasteiger partial charge in [0, 0.05) is 18.0 Å². The van der Waals surface area contributed by atoms with Gasteiger partial charge in [0.05, 0.1) is 6.04 Å². The van der Waals surface area contributed by atoms with E-state index in [2.05, 4.69) is 19.2 Å². The fourth-order valence-electron chi connectivity index (χ4n) is 2.71. The highest BCUT2D eigenvalue weighted by molar-refractivity contribution is 5.85. The molecule has 3 heteroatoms. The molecule has 0 aliphatic heterocycles. The summed E-state index contributed by atoms with van der Waals surface area (Å²) >= 11 is 0. The van der Waals surface area contributed by atoms with E-state index in [1.165, 1.54) is 0 Å². The summed E-state index contributed by atoms with van der Waals surface area (Å²) < 4.78 is 0. The summed E-state index contributed by atoms with van der Waals surface area (Å²) in [5.41, 5.74) is 5.92. The van der Waals surface area contributed by atoms with Crippen LogP contribution in [0.3, 0.4) is 0 Å². The van der Waals surface area contributed by atoms with Gasteiger partial charge < -0.3 is 11.1 Å². The predicted molar refractivity (Wildman–Crippen MR) is 76.5 cm³/mol. The average Bonchev–Trinajstić information content (AvgIpc) is 2.29. The molecule has 106 valence electrons. The Hall–Kier alpha value is -0.410. The summed E-state index contributed by atoms with van der Waals surface area (Å²) in [5, 5.41) is 3.58. The van der Waals surface area contributed by atoms with Crippen molar-refractivity contribution in [2.75, 3.05) is 0 Å². The van der Waals surface area contributed by atoms with Crippen LogP contribution in [0, 0.1) is 11.8 Å². The number of nitrogens with two attached hydrogens (primary N) is 1. The van der Waals surface area contributed by atoms with Gasteiger partial charge in [0.15, 0.2) is 5.78 Å². The van der Waals surface area contributed by atoms with Crippen molar-refractivity contribution in [2.45, 2.75) is 77.9 Å². The van der Waals surface area contributed by atoms with Gasteiger partial charge in [-0.15, -0.1) is 0 Å². The third-order valence-electron chi connectivity index (χ3n) is 3.83. The number of carbonyl (C=O) groups is 1. The van der Waals surface area contributed by atoms with Crippen molar-refractivity contribution >= 4 is 5.78 Å². The highest BCUT2D eigenvalue weighted by atomic mass is 16.1. The summed E-state index contributed by atoms with van der Waals surface area (Å²) in [5.74, 6) is 1.03. The van der Waals surface area contributed by atoms with Crippen LogP contribution < -0.4 is 11.1 Å². The summed E-state index contributed by atoms with van der Waals surface area (Å²) in [6.07, 6.45) is 5.34. The van der Waals surface area contributed by atoms with Crippen LogP contribution in [0.25, 0.3) is 0 Å². The highest BCUT2D eigenvalue weighted by Gasteiger charge is 2.26. The Morgan fingerprint density at radius 1 is 1.17 bits per heavy atom. The van der Waals surface area contributed by atoms with E-state index in [-0.39, 0.29) is 12.0 Å². The van der Waals surface area contributed by atoms with E-state index in [0.29, 0.717) is 23.8 Å². The van der Waals surface area contributed by atoms with E-state index in [4.69, 9.17) is 5.73 Å². The number of Topliss-reactive ketones (excluding diaryl/α,β-unsaturated/α-hetero) is 1. The zero-order valence-corrected chi connectivity index (χ0v) is 12.4. The number of nitrogens with one attached hydrogen (secondary N) is 1. The van der Waals surface area contributed by atoms with E-state index in [1.54, 1.807) is 0 Å². The van der Waals surface area contributed by atoms with Crippen LogP contribution >= 0.6 is 0 Å². The largest absolute Gasteiger partial charge is 0.328 e. The Kier molecular flexibility index (Phi) is 6.30. The fourth-order valence-corrected chi connectivity index (χ4v) is 2.71. The van der Waals surface area contributed by atoms with Crippen molar-refractivity contribution in [1.29, 1.82) is 0 Å². The van der Waals surface area contributed by atoms with Crippen molar-refractivity contribution in [3.05, 3.63) is 0 Å². The second kappa shape index (κ2) is 7.25. The van der Waals surface area contributed by atoms with Gasteiger partial charge in [0.1, 0.15) is 0 Å². The Morgan fingerprint density at radius 2 is 1.72 bits per heavy atom. The molecule has 0 aromatic rings. The molecule has 3 nitrogen and oxygen atoms in total. The lowest BCUT2D eigenvalue weighted by molar-refractivity contribution is -0.124. The fraction of sp³-hybridized carbons (Fsp3) is 0.933. The van der Waals surface area contributed by atoms with E-state index in [1.807, 2.05) is 13.8 Å². The minimum absolute atomic E-state index is 0.0318. The quantitative estimate of drug-likeness (QED) is 0.765. The summed E-state index contributed by atoms with van der Waals surface area (Å²) in [6.45, 7) is 8.35. The first kappa shape index (κ1) is 15.6. The lowest BCUT2D eigenvalue weighted by atomic mass is 9.88. The molecule has 0 bridgehead atoms. The summed E-state index contributed by atoms with van der Waals surface area (Å²) in [6, 6.07) is 0.882. The highest BCUT2D eigenvalue weighted by Crippen LogP contribution is 2.19. The van der Waals surface area contributed by atoms with Gasteiger partial charge >= 0.3 is 0 Å². The molecule has 0 aromatic heterocycles. The van der Waals surface area contributed by atoms with Gasteiger partial charge in [-0.2, -0.15) is 0 Å². The minimum atomic E-state index is 0.0318. The molecular weight excluding hydrogens is 224 g/mol. The molecule has 0 amide bonds. The molecule has 1 rings (SSSR count). The smallest absolute Gasteiger partial charge is 0.152 e. The topological polar surface area (TPSA) is 55.1 Å². The van der Waals surface area contributed by atoms with E-state index >= 15 is 0 Å². The average molecular weight is 254 g/mol. The zero-order valence-electron chi connectivity index (χ0n) is 12.4. The SMILES string of the molecule is CC(C)CC(N[C@H]1CC[C@H](N)CC1)C(=O)C(C)C. The minimum Gasteiger partial charge on any atom is -0.328 e. The van der Waals surface area contributed by atoms with Gasteiger partial charge in [-0.3, -0.25) is 4.79 Å². The number of carbonyl (C=O) groups excluding carboxylic acids is 1. The second-order valence-corrected chi connectivity index (χ2v) is 6.52. The maximum atomic E-state index is 12.2. The van der Waals surface area contributed by atoms with Gasteiger partial charge in [-0.1, -0.05) is 27.7 Å². The maximum absolute atomic E-state index is 12.2. The lowest BCUT2D eigenvalue weighted by Gasteiger charge is -2.31. The molecule has 0 spiro atoms. The molecule has 0 heterocycles. The molecule has 1 aliphatic carbocycles. The predicted octanol–water partition coefficient (Wildman–Crippen LogP) is 2.49. The molecule has 1 aliphatic rings. The van der Waals surface area contributed by atoms with Gasteiger partial charge in [0.2, 0.25) is 0 Å². The monoisotopic (exact) mass is 254 g/mol. The molecule has 0 saturated heterocycles. The number of ketones is 1. The van der Waals surface area contributed by atoms with Crippen molar-refractivity contribution in [2.24, 2.45) is 17.6 Å². The summed E-state index contributed by atoms with van der Waals surface area (Å²) in [7, 11) is 0. The molecule has 1 atom stereocenters. The first-order chi connectivity index (χ1) is 8.40. The van der Waals surface area contributed by atoms with Crippen molar-refractivity contribution < 1.29 is 4.79 Å². The molecule has 18 heavy (non-hydrogen) atoms. The van der Waals surface area contributed by atoms with Crippen LogP contribution in [0.1, 0.15) is 59.8 Å². The first-order valence-electron chi connectivity index (χ1n) is 7.45. The van der Waals surface area contributed by atoms with Gasteiger partial charge in [0.25, 0.3) is 0 Å². The molecule has 1 saturated carbocycles. The van der Waals surface area contributed by atoms with Crippen molar-refractivity contribution in [1.82, 2.24) is 5.32 Å². The van der Waals surface area contributed by atoms with Crippen LogP contribution in [0.2, 0.25) is 0 Å². The maximum Gasteiger partial charge on any atom is 0.152 e. The van der Waals surface area contributed by atoms with Crippen LogP contribution in [0.5, 0.6) is 0 Å². The van der Waals surface area contributed by atoms with E-state index in [9.17, 15) is 4.79 Å². The van der Waals surface area contributed by atoms with E-state index in [0.717, 1.165) is 32.1 Å². The Bertz CT molecular complexity index is 255. The lowest BCUT2D eigenvalue weighted by Crippen LogP contribution is -2.47. The summed E-state index contributed by atoms with van der Waals surface area (Å²) in [4.78, 5) is 12.2. The standard InChI is InChI=1S/C15H30N2O/c1-10(2)9-14(15(18)11(3)4)17-13-7-5-12(16)6-8-13/h10-14,17H,5-9,16H2,1-4H3/t12-,13-,14?. The number of hydrogen-bond acceptors (Lipinski definition) is 3. The molecule has 0 radical (unpaired) electrons. The Balaban J connectivity index is 2.52. The van der Waals surface area contributed by atoms with Gasteiger partial charge in [-0.25, -0.2) is 0 Å². The number of rotatable bonds is 6. The molecule has 1 unspecified atom stereocenters. The zero-order chi connectivity index (χ0) is 13.7. The molecular formula is C15H30N2O. The van der Waals surface area contributed by atoms with Gasteiger partial charge in [-0.05, 0) is 38.0 Å².